The Bertz CT molecular complexity index is 398. The number of amides is 1. The molecule has 0 radical (unpaired) electrons. The van der Waals surface area contributed by atoms with E-state index in [1.807, 2.05) is 30.3 Å². The van der Waals surface area contributed by atoms with Crippen LogP contribution in [0.4, 0.5) is 0 Å². The molecule has 3 N–H and O–H groups in total. The summed E-state index contributed by atoms with van der Waals surface area (Å²) in [4.78, 5) is 13.5. The highest BCUT2D eigenvalue weighted by Gasteiger charge is 2.23. The molecule has 1 aromatic rings. The zero-order valence-corrected chi connectivity index (χ0v) is 12.0. The van der Waals surface area contributed by atoms with Crippen LogP contribution in [0.2, 0.25) is 0 Å². The molecule has 1 aromatic carbocycles. The van der Waals surface area contributed by atoms with Crippen LogP contribution in [0.1, 0.15) is 25.8 Å². The summed E-state index contributed by atoms with van der Waals surface area (Å²) in [6, 6.07) is 9.44. The van der Waals surface area contributed by atoms with E-state index < -0.39 is 11.6 Å². The van der Waals surface area contributed by atoms with Crippen LogP contribution >= 0.6 is 0 Å². The van der Waals surface area contributed by atoms with E-state index in [-0.39, 0.29) is 12.5 Å². The Morgan fingerprint density at radius 3 is 2.47 bits per heavy atom. The first-order chi connectivity index (χ1) is 8.79. The molecule has 0 saturated carbocycles. The highest BCUT2D eigenvalue weighted by atomic mass is 16.3. The Balaban J connectivity index is 2.44. The predicted octanol–water partition coefficient (Wildman–Crippen LogP) is 1.18. The summed E-state index contributed by atoms with van der Waals surface area (Å²) in [5.74, 6) is -0.127. The summed E-state index contributed by atoms with van der Waals surface area (Å²) in [6.07, 6.45) is 1.39. The maximum absolute atomic E-state index is 12.0. The topological polar surface area (TPSA) is 66.6 Å². The molecule has 0 heterocycles. The van der Waals surface area contributed by atoms with Gasteiger partial charge in [0.05, 0.1) is 11.6 Å². The summed E-state index contributed by atoms with van der Waals surface area (Å²) in [5.41, 5.74) is 6.19. The lowest BCUT2D eigenvalue weighted by molar-refractivity contribution is -0.134. The number of likely N-dealkylation sites (N-methyl/N-ethyl adjacent to an activating group) is 1. The fourth-order valence-electron chi connectivity index (χ4n) is 2.03. The van der Waals surface area contributed by atoms with Gasteiger partial charge in [-0.1, -0.05) is 30.3 Å². The second-order valence-corrected chi connectivity index (χ2v) is 5.64. The van der Waals surface area contributed by atoms with E-state index in [0.717, 1.165) is 6.42 Å². The van der Waals surface area contributed by atoms with Crippen molar-refractivity contribution in [3.8, 4) is 0 Å². The van der Waals surface area contributed by atoms with Crippen molar-refractivity contribution >= 4 is 5.91 Å². The first-order valence-corrected chi connectivity index (χ1v) is 6.56. The fraction of sp³-hybridized carbons (Fsp3) is 0.533. The molecule has 0 aliphatic heterocycles. The summed E-state index contributed by atoms with van der Waals surface area (Å²) >= 11 is 0. The third-order valence-corrected chi connectivity index (χ3v) is 2.90. The molecule has 1 rings (SSSR count). The van der Waals surface area contributed by atoms with Crippen molar-refractivity contribution in [2.45, 2.75) is 38.3 Å². The average Bonchev–Trinajstić information content (AvgIpc) is 2.34. The predicted molar refractivity (Wildman–Crippen MR) is 76.7 cm³/mol. The van der Waals surface area contributed by atoms with Gasteiger partial charge in [-0.2, -0.15) is 0 Å². The lowest BCUT2D eigenvalue weighted by Gasteiger charge is -2.27. The standard InChI is InChI=1S/C15H24N2O2/c1-15(2,19)11-17(3)14(18)13(16)10-9-12-7-5-4-6-8-12/h4-8,13,19H,9-11,16H2,1-3H3/t13-/m0/s1. The third kappa shape index (κ3) is 5.85. The molecular weight excluding hydrogens is 240 g/mol. The molecule has 0 aromatic heterocycles. The van der Waals surface area contributed by atoms with Crippen molar-refractivity contribution in [2.75, 3.05) is 13.6 Å². The lowest BCUT2D eigenvalue weighted by atomic mass is 10.0. The minimum atomic E-state index is -0.899. The van der Waals surface area contributed by atoms with Crippen LogP contribution in [0.5, 0.6) is 0 Å². The van der Waals surface area contributed by atoms with E-state index >= 15 is 0 Å². The first-order valence-electron chi connectivity index (χ1n) is 6.56. The summed E-state index contributed by atoms with van der Waals surface area (Å²) in [7, 11) is 1.67. The Hall–Kier alpha value is -1.39. The van der Waals surface area contributed by atoms with Gasteiger partial charge < -0.3 is 15.7 Å². The van der Waals surface area contributed by atoms with E-state index in [4.69, 9.17) is 5.73 Å². The van der Waals surface area contributed by atoms with Crippen molar-refractivity contribution in [1.82, 2.24) is 4.90 Å². The molecule has 0 aliphatic carbocycles. The van der Waals surface area contributed by atoms with Gasteiger partial charge in [-0.25, -0.2) is 0 Å². The van der Waals surface area contributed by atoms with Gasteiger partial charge in [0.25, 0.3) is 0 Å². The second kappa shape index (κ2) is 6.68. The van der Waals surface area contributed by atoms with Gasteiger partial charge in [-0.05, 0) is 32.3 Å². The number of nitrogens with zero attached hydrogens (tertiary/aromatic N) is 1. The van der Waals surface area contributed by atoms with Gasteiger partial charge in [0.1, 0.15) is 0 Å². The number of carbonyl (C=O) groups is 1. The van der Waals surface area contributed by atoms with E-state index in [1.165, 1.54) is 10.5 Å². The van der Waals surface area contributed by atoms with Crippen LogP contribution in [-0.2, 0) is 11.2 Å². The maximum Gasteiger partial charge on any atom is 0.239 e. The molecule has 0 bridgehead atoms. The molecule has 0 unspecified atom stereocenters. The molecule has 4 nitrogen and oxygen atoms in total. The van der Waals surface area contributed by atoms with Crippen molar-refractivity contribution in [3.63, 3.8) is 0 Å². The molecule has 1 amide bonds. The SMILES string of the molecule is CN(CC(C)(C)O)C(=O)[C@@H](N)CCc1ccccc1. The highest BCUT2D eigenvalue weighted by Crippen LogP contribution is 2.08. The Kier molecular flexibility index (Phi) is 5.51. The van der Waals surface area contributed by atoms with Crippen LogP contribution in [0, 0.1) is 0 Å². The largest absolute Gasteiger partial charge is 0.389 e. The molecular formula is C15H24N2O2. The minimum Gasteiger partial charge on any atom is -0.389 e. The molecule has 0 aliphatic rings. The molecule has 0 saturated heterocycles. The van der Waals surface area contributed by atoms with Crippen molar-refractivity contribution in [2.24, 2.45) is 5.73 Å². The number of aryl methyl sites for hydroxylation is 1. The number of hydrogen-bond donors (Lipinski definition) is 2. The zero-order valence-electron chi connectivity index (χ0n) is 12.0. The highest BCUT2D eigenvalue weighted by molar-refractivity contribution is 5.81. The maximum atomic E-state index is 12.0. The Morgan fingerprint density at radius 2 is 1.95 bits per heavy atom. The van der Waals surface area contributed by atoms with E-state index in [2.05, 4.69) is 0 Å². The molecule has 106 valence electrons. The Morgan fingerprint density at radius 1 is 1.37 bits per heavy atom. The van der Waals surface area contributed by atoms with E-state index in [9.17, 15) is 9.90 Å². The third-order valence-electron chi connectivity index (χ3n) is 2.90. The second-order valence-electron chi connectivity index (χ2n) is 5.64. The quantitative estimate of drug-likeness (QED) is 0.810. The van der Waals surface area contributed by atoms with Gasteiger partial charge in [-0.15, -0.1) is 0 Å². The Labute approximate surface area is 115 Å². The van der Waals surface area contributed by atoms with Crippen LogP contribution in [-0.4, -0.2) is 41.1 Å². The monoisotopic (exact) mass is 264 g/mol. The lowest BCUT2D eigenvalue weighted by Crippen LogP contribution is -2.47. The number of nitrogens with two attached hydrogens (primary N) is 1. The van der Waals surface area contributed by atoms with Crippen LogP contribution < -0.4 is 5.73 Å². The van der Waals surface area contributed by atoms with Gasteiger partial charge in [-0.3, -0.25) is 4.79 Å². The number of aliphatic hydroxyl groups is 1. The van der Waals surface area contributed by atoms with Crippen molar-refractivity contribution in [3.05, 3.63) is 35.9 Å². The van der Waals surface area contributed by atoms with Gasteiger partial charge in [0, 0.05) is 13.6 Å². The number of benzene rings is 1. The van der Waals surface area contributed by atoms with Crippen molar-refractivity contribution < 1.29 is 9.90 Å². The zero-order chi connectivity index (χ0) is 14.5. The molecule has 4 heteroatoms. The number of carbonyl (C=O) groups excluding carboxylic acids is 1. The number of hydrogen-bond acceptors (Lipinski definition) is 3. The molecule has 0 fully saturated rings. The summed E-state index contributed by atoms with van der Waals surface area (Å²) in [5, 5.41) is 9.69. The summed E-state index contributed by atoms with van der Waals surface area (Å²) in [6.45, 7) is 3.63. The van der Waals surface area contributed by atoms with E-state index in [1.54, 1.807) is 20.9 Å². The summed E-state index contributed by atoms with van der Waals surface area (Å²) < 4.78 is 0. The smallest absolute Gasteiger partial charge is 0.239 e. The average molecular weight is 264 g/mol. The number of rotatable bonds is 6. The fourth-order valence-corrected chi connectivity index (χ4v) is 2.03. The first kappa shape index (κ1) is 15.7. The van der Waals surface area contributed by atoms with Crippen LogP contribution in [0.25, 0.3) is 0 Å². The molecule has 19 heavy (non-hydrogen) atoms. The van der Waals surface area contributed by atoms with Gasteiger partial charge >= 0.3 is 0 Å². The van der Waals surface area contributed by atoms with E-state index in [0.29, 0.717) is 6.42 Å². The van der Waals surface area contributed by atoms with Crippen LogP contribution in [0.3, 0.4) is 0 Å². The minimum absolute atomic E-state index is 0.127. The normalized spacial score (nSPS) is 13.1. The van der Waals surface area contributed by atoms with Crippen LogP contribution in [0.15, 0.2) is 30.3 Å². The van der Waals surface area contributed by atoms with Gasteiger partial charge in [0.15, 0.2) is 0 Å². The molecule has 1 atom stereocenters. The van der Waals surface area contributed by atoms with Gasteiger partial charge in [0.2, 0.25) is 5.91 Å². The van der Waals surface area contributed by atoms with Crippen molar-refractivity contribution in [1.29, 1.82) is 0 Å². The molecule has 0 spiro atoms.